The van der Waals surface area contributed by atoms with E-state index in [0.29, 0.717) is 6.04 Å². The Labute approximate surface area is 127 Å². The minimum atomic E-state index is 0.385. The van der Waals surface area contributed by atoms with Crippen molar-refractivity contribution < 1.29 is 4.42 Å². The first kappa shape index (κ1) is 14.6. The van der Waals surface area contributed by atoms with Crippen LogP contribution in [0.1, 0.15) is 63.7 Å². The van der Waals surface area contributed by atoms with Crippen LogP contribution in [0.5, 0.6) is 0 Å². The monoisotopic (exact) mass is 285 g/mol. The highest BCUT2D eigenvalue weighted by Gasteiger charge is 2.26. The van der Waals surface area contributed by atoms with Crippen LogP contribution in [0.25, 0.3) is 11.0 Å². The molecule has 1 fully saturated rings. The largest absolute Gasteiger partial charge is 0.459 e. The van der Waals surface area contributed by atoms with Gasteiger partial charge < -0.3 is 9.73 Å². The molecule has 1 aromatic heterocycles. The molecule has 21 heavy (non-hydrogen) atoms. The molecule has 114 valence electrons. The summed E-state index contributed by atoms with van der Waals surface area (Å²) < 4.78 is 6.16. The zero-order chi connectivity index (χ0) is 14.5. The van der Waals surface area contributed by atoms with Gasteiger partial charge in [-0.25, -0.2) is 0 Å². The highest BCUT2D eigenvalue weighted by atomic mass is 16.3. The second kappa shape index (κ2) is 7.13. The summed E-state index contributed by atoms with van der Waals surface area (Å²) in [5.41, 5.74) is 1.02. The standard InChI is InChI=1S/C19H27NO/c1-2-13-20-19(15-9-5-3-4-6-10-15)18-14-16-11-7-8-12-17(16)21-18/h7-8,11-12,14-15,19-20H,2-6,9-10,13H2,1H3. The number of furan rings is 1. The van der Waals surface area contributed by atoms with Gasteiger partial charge in [-0.15, -0.1) is 0 Å². The van der Waals surface area contributed by atoms with Gasteiger partial charge in [-0.3, -0.25) is 0 Å². The van der Waals surface area contributed by atoms with Gasteiger partial charge in [0.25, 0.3) is 0 Å². The van der Waals surface area contributed by atoms with Crippen LogP contribution in [-0.4, -0.2) is 6.54 Å². The maximum absolute atomic E-state index is 6.16. The van der Waals surface area contributed by atoms with Gasteiger partial charge >= 0.3 is 0 Å². The van der Waals surface area contributed by atoms with Gasteiger partial charge in [-0.1, -0.05) is 50.8 Å². The minimum Gasteiger partial charge on any atom is -0.459 e. The molecule has 2 nitrogen and oxygen atoms in total. The fourth-order valence-electron chi connectivity index (χ4n) is 3.60. The molecule has 1 unspecified atom stereocenters. The van der Waals surface area contributed by atoms with E-state index < -0.39 is 0 Å². The van der Waals surface area contributed by atoms with E-state index in [-0.39, 0.29) is 0 Å². The van der Waals surface area contributed by atoms with Crippen molar-refractivity contribution in [3.8, 4) is 0 Å². The zero-order valence-electron chi connectivity index (χ0n) is 13.1. The first-order valence-electron chi connectivity index (χ1n) is 8.60. The van der Waals surface area contributed by atoms with E-state index in [2.05, 4.69) is 42.6 Å². The summed E-state index contributed by atoms with van der Waals surface area (Å²) in [5.74, 6) is 1.86. The van der Waals surface area contributed by atoms with Crippen molar-refractivity contribution in [3.63, 3.8) is 0 Å². The Hall–Kier alpha value is -1.28. The van der Waals surface area contributed by atoms with Gasteiger partial charge in [0.2, 0.25) is 0 Å². The Morgan fingerprint density at radius 3 is 2.62 bits per heavy atom. The van der Waals surface area contributed by atoms with Crippen LogP contribution in [0.4, 0.5) is 0 Å². The lowest BCUT2D eigenvalue weighted by molar-refractivity contribution is 0.289. The van der Waals surface area contributed by atoms with Crippen molar-refractivity contribution in [2.45, 2.75) is 57.9 Å². The molecule has 1 N–H and O–H groups in total. The summed E-state index contributed by atoms with van der Waals surface area (Å²) in [6, 6.07) is 11.0. The molecule has 1 saturated carbocycles. The molecule has 0 amide bonds. The number of fused-ring (bicyclic) bond motifs is 1. The Balaban J connectivity index is 1.86. The van der Waals surface area contributed by atoms with Crippen molar-refractivity contribution in [1.29, 1.82) is 0 Å². The smallest absolute Gasteiger partial charge is 0.134 e. The van der Waals surface area contributed by atoms with Gasteiger partial charge in [0.1, 0.15) is 11.3 Å². The number of hydrogen-bond acceptors (Lipinski definition) is 2. The second-order valence-corrected chi connectivity index (χ2v) is 6.37. The predicted molar refractivity (Wildman–Crippen MR) is 88.4 cm³/mol. The molecule has 1 heterocycles. The van der Waals surface area contributed by atoms with Crippen LogP contribution >= 0.6 is 0 Å². The predicted octanol–water partition coefficient (Wildman–Crippen LogP) is 5.44. The van der Waals surface area contributed by atoms with E-state index in [1.807, 2.05) is 0 Å². The molecule has 0 radical (unpaired) electrons. The number of rotatable bonds is 5. The topological polar surface area (TPSA) is 25.2 Å². The van der Waals surface area contributed by atoms with E-state index in [9.17, 15) is 0 Å². The van der Waals surface area contributed by atoms with Crippen molar-refractivity contribution in [3.05, 3.63) is 36.1 Å². The van der Waals surface area contributed by atoms with Crippen molar-refractivity contribution in [2.75, 3.05) is 6.54 Å². The van der Waals surface area contributed by atoms with Crippen LogP contribution in [0.3, 0.4) is 0 Å². The third kappa shape index (κ3) is 3.49. The lowest BCUT2D eigenvalue weighted by Gasteiger charge is -2.25. The van der Waals surface area contributed by atoms with Crippen LogP contribution < -0.4 is 5.32 Å². The molecule has 0 spiro atoms. The van der Waals surface area contributed by atoms with Gasteiger partial charge in [0.15, 0.2) is 0 Å². The summed E-state index contributed by atoms with van der Waals surface area (Å²) in [4.78, 5) is 0. The number of benzene rings is 1. The third-order valence-corrected chi connectivity index (χ3v) is 4.74. The van der Waals surface area contributed by atoms with Crippen molar-refractivity contribution in [2.24, 2.45) is 5.92 Å². The molecule has 1 atom stereocenters. The lowest BCUT2D eigenvalue weighted by atomic mass is 9.90. The first-order chi connectivity index (χ1) is 10.4. The number of hydrogen-bond donors (Lipinski definition) is 1. The third-order valence-electron chi connectivity index (χ3n) is 4.74. The molecular weight excluding hydrogens is 258 g/mol. The molecule has 3 rings (SSSR count). The van der Waals surface area contributed by atoms with Gasteiger partial charge in [-0.2, -0.15) is 0 Å². The summed E-state index contributed by atoms with van der Waals surface area (Å²) in [6.45, 7) is 3.30. The fraction of sp³-hybridized carbons (Fsp3) is 0.579. The average Bonchev–Trinajstić information content (AvgIpc) is 2.75. The van der Waals surface area contributed by atoms with Gasteiger partial charge in [0.05, 0.1) is 6.04 Å². The van der Waals surface area contributed by atoms with E-state index in [1.54, 1.807) is 0 Å². The number of nitrogens with one attached hydrogen (secondary N) is 1. The average molecular weight is 285 g/mol. The summed E-state index contributed by atoms with van der Waals surface area (Å²) in [7, 11) is 0. The van der Waals surface area contributed by atoms with Crippen LogP contribution in [0.2, 0.25) is 0 Å². The Kier molecular flexibility index (Phi) is 4.97. The van der Waals surface area contributed by atoms with E-state index in [1.165, 1.54) is 50.3 Å². The molecule has 1 aliphatic rings. The summed E-state index contributed by atoms with van der Waals surface area (Å²) >= 11 is 0. The van der Waals surface area contributed by atoms with Crippen LogP contribution in [0.15, 0.2) is 34.7 Å². The first-order valence-corrected chi connectivity index (χ1v) is 8.60. The lowest BCUT2D eigenvalue weighted by Crippen LogP contribution is -2.28. The Morgan fingerprint density at radius 2 is 1.90 bits per heavy atom. The highest BCUT2D eigenvalue weighted by molar-refractivity contribution is 5.77. The molecule has 2 aromatic rings. The van der Waals surface area contributed by atoms with E-state index >= 15 is 0 Å². The number of para-hydroxylation sites is 1. The Morgan fingerprint density at radius 1 is 1.14 bits per heavy atom. The molecule has 0 aliphatic heterocycles. The maximum atomic E-state index is 6.16. The quantitative estimate of drug-likeness (QED) is 0.739. The summed E-state index contributed by atoms with van der Waals surface area (Å²) in [5, 5.41) is 4.98. The normalized spacial score (nSPS) is 18.7. The molecule has 1 aliphatic carbocycles. The maximum Gasteiger partial charge on any atom is 0.134 e. The van der Waals surface area contributed by atoms with Crippen LogP contribution in [0, 0.1) is 5.92 Å². The van der Waals surface area contributed by atoms with E-state index in [4.69, 9.17) is 4.42 Å². The molecule has 0 saturated heterocycles. The van der Waals surface area contributed by atoms with Gasteiger partial charge in [-0.05, 0) is 43.9 Å². The Bertz CT molecular complexity index is 518. The zero-order valence-corrected chi connectivity index (χ0v) is 13.1. The molecular formula is C19H27NO. The van der Waals surface area contributed by atoms with E-state index in [0.717, 1.165) is 23.8 Å². The van der Waals surface area contributed by atoms with Crippen molar-refractivity contribution >= 4 is 11.0 Å². The fourth-order valence-corrected chi connectivity index (χ4v) is 3.60. The summed E-state index contributed by atoms with van der Waals surface area (Å²) in [6.07, 6.45) is 9.37. The molecule has 2 heteroatoms. The second-order valence-electron chi connectivity index (χ2n) is 6.37. The molecule has 0 bridgehead atoms. The SMILES string of the molecule is CCCNC(c1cc2ccccc2o1)C1CCCCCC1. The molecule has 1 aromatic carbocycles. The van der Waals surface area contributed by atoms with Gasteiger partial charge in [0, 0.05) is 5.39 Å². The van der Waals surface area contributed by atoms with Crippen molar-refractivity contribution in [1.82, 2.24) is 5.32 Å². The van der Waals surface area contributed by atoms with Crippen LogP contribution in [-0.2, 0) is 0 Å². The highest BCUT2D eigenvalue weighted by Crippen LogP contribution is 2.35. The minimum absolute atomic E-state index is 0.385.